The number of ether oxygens (including phenoxy) is 1. The van der Waals surface area contributed by atoms with E-state index in [0.29, 0.717) is 23.0 Å². The fourth-order valence-corrected chi connectivity index (χ4v) is 3.65. The highest BCUT2D eigenvalue weighted by atomic mass is 32.2. The Balaban J connectivity index is 1.77. The van der Waals surface area contributed by atoms with Gasteiger partial charge in [0.15, 0.2) is 10.9 Å². The molecule has 0 atom stereocenters. The summed E-state index contributed by atoms with van der Waals surface area (Å²) in [6.07, 6.45) is 1.65. The van der Waals surface area contributed by atoms with E-state index in [1.54, 1.807) is 13.3 Å². The third kappa shape index (κ3) is 4.59. The second kappa shape index (κ2) is 8.88. The van der Waals surface area contributed by atoms with Gasteiger partial charge in [-0.25, -0.2) is 4.98 Å². The van der Waals surface area contributed by atoms with E-state index in [1.165, 1.54) is 11.8 Å². The zero-order valence-corrected chi connectivity index (χ0v) is 16.2. The van der Waals surface area contributed by atoms with Crippen molar-refractivity contribution in [1.82, 2.24) is 9.55 Å². The second-order valence-electron chi connectivity index (χ2n) is 6.17. The number of hydrogen-bond acceptors (Lipinski definition) is 5. The Kier molecular flexibility index (Phi) is 6.32. The molecule has 2 aromatic carbocycles. The molecule has 27 heavy (non-hydrogen) atoms. The Morgan fingerprint density at radius 1 is 1.19 bits per heavy atom. The molecule has 0 saturated heterocycles. The number of aromatic nitrogens is 2. The molecule has 0 amide bonds. The molecule has 1 aromatic heterocycles. The minimum Gasteiger partial charge on any atom is -0.496 e. The van der Waals surface area contributed by atoms with Gasteiger partial charge in [-0.15, -0.1) is 0 Å². The molecule has 0 aliphatic rings. The predicted octanol–water partition coefficient (Wildman–Crippen LogP) is 3.72. The number of ketones is 1. The zero-order valence-electron chi connectivity index (χ0n) is 15.4. The lowest BCUT2D eigenvalue weighted by Gasteiger charge is -2.13. The van der Waals surface area contributed by atoms with Crippen molar-refractivity contribution in [3.05, 3.63) is 77.1 Å². The van der Waals surface area contributed by atoms with Crippen molar-refractivity contribution in [2.45, 2.75) is 25.2 Å². The number of nitrogens with zero attached hydrogens (tertiary/aromatic N) is 2. The number of aliphatic hydroxyl groups excluding tert-OH is 1. The largest absolute Gasteiger partial charge is 0.496 e. The van der Waals surface area contributed by atoms with E-state index in [2.05, 4.69) is 4.98 Å². The van der Waals surface area contributed by atoms with Crippen LogP contribution < -0.4 is 4.74 Å². The van der Waals surface area contributed by atoms with Crippen LogP contribution in [0.3, 0.4) is 0 Å². The van der Waals surface area contributed by atoms with Gasteiger partial charge in [0.25, 0.3) is 0 Å². The van der Waals surface area contributed by atoms with E-state index in [-0.39, 0.29) is 18.1 Å². The molecule has 6 heteroatoms. The van der Waals surface area contributed by atoms with Crippen LogP contribution in [0.1, 0.15) is 27.2 Å². The Hall–Kier alpha value is -2.57. The van der Waals surface area contributed by atoms with Crippen molar-refractivity contribution < 1.29 is 14.6 Å². The molecule has 1 N–H and O–H groups in total. The number of carbonyl (C=O) groups is 1. The maximum absolute atomic E-state index is 12.4. The lowest BCUT2D eigenvalue weighted by molar-refractivity contribution is 0.102. The maximum Gasteiger partial charge on any atom is 0.173 e. The fourth-order valence-electron chi connectivity index (χ4n) is 2.76. The molecule has 3 aromatic rings. The quantitative estimate of drug-likeness (QED) is 0.475. The van der Waals surface area contributed by atoms with Crippen LogP contribution in [0.15, 0.2) is 59.9 Å². The summed E-state index contributed by atoms with van der Waals surface area (Å²) in [5.74, 6) is 1.12. The van der Waals surface area contributed by atoms with Gasteiger partial charge in [0, 0.05) is 11.1 Å². The molecule has 0 bridgehead atoms. The number of hydrogen-bond donors (Lipinski definition) is 1. The first-order chi connectivity index (χ1) is 13.1. The summed E-state index contributed by atoms with van der Waals surface area (Å²) in [6.45, 7) is 2.39. The van der Waals surface area contributed by atoms with Crippen LogP contribution in [-0.2, 0) is 13.2 Å². The standard InChI is InChI=1S/C21H22N2O3S/c1-15-7-9-16(10-8-15)19(25)14-27-21-22-11-18(13-24)23(21)12-17-5-3-4-6-20(17)26-2/h3-11,24H,12-14H2,1-2H3. The number of methoxy groups -OCH3 is 1. The van der Waals surface area contributed by atoms with Gasteiger partial charge in [-0.1, -0.05) is 59.8 Å². The number of carbonyl (C=O) groups excluding carboxylic acids is 1. The van der Waals surface area contributed by atoms with Gasteiger partial charge in [-0.05, 0) is 13.0 Å². The Bertz CT molecular complexity index is 919. The number of aliphatic hydroxyl groups is 1. The molecule has 0 aliphatic carbocycles. The number of thioether (sulfide) groups is 1. The first-order valence-corrected chi connectivity index (χ1v) is 9.60. The summed E-state index contributed by atoms with van der Waals surface area (Å²) in [4.78, 5) is 16.8. The molecule has 0 unspecified atom stereocenters. The first-order valence-electron chi connectivity index (χ1n) is 8.62. The molecule has 0 fully saturated rings. The number of Topliss-reactive ketones (excluding diaryl/α,β-unsaturated/α-hetero) is 1. The van der Waals surface area contributed by atoms with E-state index in [9.17, 15) is 9.90 Å². The summed E-state index contributed by atoms with van der Waals surface area (Å²) in [6, 6.07) is 15.3. The highest BCUT2D eigenvalue weighted by molar-refractivity contribution is 7.99. The van der Waals surface area contributed by atoms with E-state index < -0.39 is 0 Å². The molecule has 0 spiro atoms. The third-order valence-electron chi connectivity index (χ3n) is 4.29. The molecule has 3 rings (SSSR count). The third-order valence-corrected chi connectivity index (χ3v) is 5.28. The monoisotopic (exact) mass is 382 g/mol. The number of para-hydroxylation sites is 1. The minimum absolute atomic E-state index is 0.0531. The van der Waals surface area contributed by atoms with Crippen LogP contribution in [-0.4, -0.2) is 33.3 Å². The van der Waals surface area contributed by atoms with Gasteiger partial charge in [0.05, 0.1) is 37.9 Å². The predicted molar refractivity (Wildman–Crippen MR) is 106 cm³/mol. The van der Waals surface area contributed by atoms with Crippen molar-refractivity contribution in [2.24, 2.45) is 0 Å². The van der Waals surface area contributed by atoms with Crippen LogP contribution in [0, 0.1) is 6.92 Å². The van der Waals surface area contributed by atoms with Gasteiger partial charge in [-0.3, -0.25) is 4.79 Å². The van der Waals surface area contributed by atoms with Gasteiger partial charge in [-0.2, -0.15) is 0 Å². The van der Waals surface area contributed by atoms with Gasteiger partial charge in [0.1, 0.15) is 5.75 Å². The van der Waals surface area contributed by atoms with Crippen molar-refractivity contribution in [3.63, 3.8) is 0 Å². The molecule has 0 aliphatic heterocycles. The summed E-state index contributed by atoms with van der Waals surface area (Å²) in [7, 11) is 1.63. The van der Waals surface area contributed by atoms with Crippen molar-refractivity contribution in [3.8, 4) is 5.75 Å². The SMILES string of the molecule is COc1ccccc1Cn1c(CO)cnc1SCC(=O)c1ccc(C)cc1. The molecule has 0 saturated carbocycles. The maximum atomic E-state index is 12.4. The van der Waals surface area contributed by atoms with Crippen molar-refractivity contribution in [1.29, 1.82) is 0 Å². The lowest BCUT2D eigenvalue weighted by atomic mass is 10.1. The Morgan fingerprint density at radius 3 is 2.63 bits per heavy atom. The number of imidazole rings is 1. The van der Waals surface area contributed by atoms with E-state index in [1.807, 2.05) is 60.0 Å². The number of benzene rings is 2. The van der Waals surface area contributed by atoms with Crippen LogP contribution in [0.5, 0.6) is 5.75 Å². The van der Waals surface area contributed by atoms with Gasteiger partial charge < -0.3 is 14.4 Å². The van der Waals surface area contributed by atoms with E-state index >= 15 is 0 Å². The average molecular weight is 382 g/mol. The van der Waals surface area contributed by atoms with Crippen molar-refractivity contribution >= 4 is 17.5 Å². The minimum atomic E-state index is -0.116. The Morgan fingerprint density at radius 2 is 1.93 bits per heavy atom. The summed E-state index contributed by atoms with van der Waals surface area (Å²) in [5.41, 5.74) is 3.50. The van der Waals surface area contributed by atoms with Gasteiger partial charge >= 0.3 is 0 Å². The summed E-state index contributed by atoms with van der Waals surface area (Å²) >= 11 is 1.37. The van der Waals surface area contributed by atoms with Crippen LogP contribution >= 0.6 is 11.8 Å². The molecule has 1 heterocycles. The normalized spacial score (nSPS) is 10.8. The number of rotatable bonds is 8. The van der Waals surface area contributed by atoms with Gasteiger partial charge in [0.2, 0.25) is 0 Å². The second-order valence-corrected chi connectivity index (χ2v) is 7.11. The lowest BCUT2D eigenvalue weighted by Crippen LogP contribution is -2.09. The Labute approximate surface area is 163 Å². The van der Waals surface area contributed by atoms with E-state index in [0.717, 1.165) is 16.9 Å². The smallest absolute Gasteiger partial charge is 0.173 e. The molecule has 5 nitrogen and oxygen atoms in total. The fraction of sp³-hybridized carbons (Fsp3) is 0.238. The van der Waals surface area contributed by atoms with Crippen LogP contribution in [0.25, 0.3) is 0 Å². The highest BCUT2D eigenvalue weighted by Gasteiger charge is 2.15. The average Bonchev–Trinajstić information content (AvgIpc) is 3.08. The van der Waals surface area contributed by atoms with E-state index in [4.69, 9.17) is 4.74 Å². The van der Waals surface area contributed by atoms with Crippen LogP contribution in [0.2, 0.25) is 0 Å². The highest BCUT2D eigenvalue weighted by Crippen LogP contribution is 2.25. The van der Waals surface area contributed by atoms with Crippen LogP contribution in [0.4, 0.5) is 0 Å². The number of aryl methyl sites for hydroxylation is 1. The molecule has 0 radical (unpaired) electrons. The molecule has 140 valence electrons. The van der Waals surface area contributed by atoms with Crippen molar-refractivity contribution in [2.75, 3.05) is 12.9 Å². The summed E-state index contributed by atoms with van der Waals surface area (Å²) < 4.78 is 7.34. The molecular weight excluding hydrogens is 360 g/mol. The first kappa shape index (κ1) is 19.2. The summed E-state index contributed by atoms with van der Waals surface area (Å²) in [5, 5.41) is 10.3. The zero-order chi connectivity index (χ0) is 19.2. The topological polar surface area (TPSA) is 64.3 Å². The molecular formula is C21H22N2O3S.